The van der Waals surface area contributed by atoms with Crippen molar-refractivity contribution in [1.82, 2.24) is 4.90 Å². The first-order chi connectivity index (χ1) is 11.8. The fraction of sp³-hybridized carbons (Fsp3) is 0.200. The standard InChI is InChI=1S/C20H19N3O/c21-14-17-7-5-4-6-16(17)10-11-20(24)23-13-12-19(15-23)22-18-8-2-1-3-9-18/h1-11,19,22H,12-13,15H2/b11-10-/t19-/m1/s1. The molecule has 1 heterocycles. The molecule has 1 N–H and O–H groups in total. The number of likely N-dealkylation sites (tertiary alicyclic amines) is 1. The van der Waals surface area contributed by atoms with Crippen LogP contribution in [0.5, 0.6) is 0 Å². The highest BCUT2D eigenvalue weighted by molar-refractivity contribution is 5.92. The zero-order valence-electron chi connectivity index (χ0n) is 13.4. The molecule has 4 heteroatoms. The third-order valence-corrected chi connectivity index (χ3v) is 4.13. The van der Waals surface area contributed by atoms with Crippen LogP contribution in [0.3, 0.4) is 0 Å². The number of benzene rings is 2. The zero-order valence-corrected chi connectivity index (χ0v) is 13.4. The van der Waals surface area contributed by atoms with Crippen molar-refractivity contribution in [2.45, 2.75) is 12.5 Å². The predicted octanol–water partition coefficient (Wildman–Crippen LogP) is 3.28. The summed E-state index contributed by atoms with van der Waals surface area (Å²) in [5, 5.41) is 12.5. The molecule has 2 aromatic rings. The van der Waals surface area contributed by atoms with Crippen LogP contribution in [0.4, 0.5) is 5.69 Å². The van der Waals surface area contributed by atoms with Crippen molar-refractivity contribution in [2.24, 2.45) is 0 Å². The molecule has 0 aromatic heterocycles. The van der Waals surface area contributed by atoms with E-state index in [9.17, 15) is 4.79 Å². The topological polar surface area (TPSA) is 56.1 Å². The molecule has 0 aliphatic carbocycles. The number of rotatable bonds is 4. The third kappa shape index (κ3) is 3.82. The first kappa shape index (κ1) is 15.8. The van der Waals surface area contributed by atoms with Gasteiger partial charge in [-0.05, 0) is 36.3 Å². The molecule has 0 radical (unpaired) electrons. The average molecular weight is 317 g/mol. The smallest absolute Gasteiger partial charge is 0.246 e. The molecule has 1 fully saturated rings. The fourth-order valence-corrected chi connectivity index (χ4v) is 2.86. The Bertz CT molecular complexity index is 777. The van der Waals surface area contributed by atoms with Gasteiger partial charge in [0.25, 0.3) is 0 Å². The van der Waals surface area contributed by atoms with Crippen LogP contribution in [0.25, 0.3) is 6.08 Å². The van der Waals surface area contributed by atoms with E-state index in [1.807, 2.05) is 53.4 Å². The Morgan fingerprint density at radius 2 is 1.92 bits per heavy atom. The molecule has 1 atom stereocenters. The molecule has 1 amide bonds. The van der Waals surface area contributed by atoms with Gasteiger partial charge in [0.05, 0.1) is 11.6 Å². The van der Waals surface area contributed by atoms with Crippen molar-refractivity contribution in [3.05, 3.63) is 71.8 Å². The number of carbonyl (C=O) groups excluding carboxylic acids is 1. The Labute approximate surface area is 142 Å². The van der Waals surface area contributed by atoms with E-state index in [2.05, 4.69) is 11.4 Å². The van der Waals surface area contributed by atoms with E-state index < -0.39 is 0 Å². The van der Waals surface area contributed by atoms with Crippen LogP contribution < -0.4 is 5.32 Å². The molecule has 4 nitrogen and oxygen atoms in total. The van der Waals surface area contributed by atoms with Crippen molar-refractivity contribution in [3.8, 4) is 6.07 Å². The van der Waals surface area contributed by atoms with Gasteiger partial charge in [0.15, 0.2) is 0 Å². The summed E-state index contributed by atoms with van der Waals surface area (Å²) in [6, 6.07) is 19.7. The van der Waals surface area contributed by atoms with Gasteiger partial charge in [0.1, 0.15) is 0 Å². The summed E-state index contributed by atoms with van der Waals surface area (Å²) >= 11 is 0. The maximum absolute atomic E-state index is 12.3. The highest BCUT2D eigenvalue weighted by Crippen LogP contribution is 2.16. The van der Waals surface area contributed by atoms with E-state index in [0.717, 1.165) is 24.2 Å². The number of nitrogens with one attached hydrogen (secondary N) is 1. The normalized spacial score (nSPS) is 17.0. The quantitative estimate of drug-likeness (QED) is 0.880. The number of hydrogen-bond donors (Lipinski definition) is 1. The Hall–Kier alpha value is -3.06. The van der Waals surface area contributed by atoms with Crippen LogP contribution in [-0.4, -0.2) is 29.9 Å². The molecular formula is C20H19N3O. The minimum atomic E-state index is -0.0138. The number of carbonyl (C=O) groups is 1. The van der Waals surface area contributed by atoms with Crippen LogP contribution in [0.2, 0.25) is 0 Å². The van der Waals surface area contributed by atoms with E-state index in [-0.39, 0.29) is 11.9 Å². The summed E-state index contributed by atoms with van der Waals surface area (Å²) in [4.78, 5) is 14.2. The largest absolute Gasteiger partial charge is 0.380 e. The molecule has 1 aliphatic rings. The Morgan fingerprint density at radius 1 is 1.17 bits per heavy atom. The molecule has 0 spiro atoms. The number of hydrogen-bond acceptors (Lipinski definition) is 3. The number of nitrogens with zero attached hydrogens (tertiary/aromatic N) is 2. The second kappa shape index (κ2) is 7.47. The summed E-state index contributed by atoms with van der Waals surface area (Å²) in [6.07, 6.45) is 4.21. The lowest BCUT2D eigenvalue weighted by Crippen LogP contribution is -2.30. The molecule has 1 aliphatic heterocycles. The number of amides is 1. The lowest BCUT2D eigenvalue weighted by atomic mass is 10.1. The van der Waals surface area contributed by atoms with E-state index in [1.54, 1.807) is 18.2 Å². The molecule has 0 saturated carbocycles. The molecule has 3 rings (SSSR count). The van der Waals surface area contributed by atoms with Crippen LogP contribution in [0.1, 0.15) is 17.5 Å². The Balaban J connectivity index is 1.59. The SMILES string of the molecule is N#Cc1ccccc1/C=C\C(=O)N1CC[C@@H](Nc2ccccc2)C1. The van der Waals surface area contributed by atoms with Gasteiger partial charge in [-0.3, -0.25) is 4.79 Å². The van der Waals surface area contributed by atoms with E-state index >= 15 is 0 Å². The van der Waals surface area contributed by atoms with Crippen molar-refractivity contribution in [2.75, 3.05) is 18.4 Å². The highest BCUT2D eigenvalue weighted by Gasteiger charge is 2.24. The summed E-state index contributed by atoms with van der Waals surface area (Å²) in [5.74, 6) is -0.0138. The zero-order chi connectivity index (χ0) is 16.8. The van der Waals surface area contributed by atoms with Gasteiger partial charge < -0.3 is 10.2 Å². The third-order valence-electron chi connectivity index (χ3n) is 4.13. The van der Waals surface area contributed by atoms with Gasteiger partial charge in [0.2, 0.25) is 5.91 Å². The molecule has 120 valence electrons. The van der Waals surface area contributed by atoms with Crippen molar-refractivity contribution < 1.29 is 4.79 Å². The molecule has 0 unspecified atom stereocenters. The maximum atomic E-state index is 12.3. The first-order valence-electron chi connectivity index (χ1n) is 8.04. The lowest BCUT2D eigenvalue weighted by Gasteiger charge is -2.16. The Kier molecular flexibility index (Phi) is 4.93. The molecule has 1 saturated heterocycles. The fourth-order valence-electron chi connectivity index (χ4n) is 2.86. The van der Waals surface area contributed by atoms with Crippen LogP contribution >= 0.6 is 0 Å². The minimum absolute atomic E-state index is 0.0138. The lowest BCUT2D eigenvalue weighted by molar-refractivity contribution is -0.124. The maximum Gasteiger partial charge on any atom is 0.246 e. The van der Waals surface area contributed by atoms with Gasteiger partial charge in [-0.25, -0.2) is 0 Å². The van der Waals surface area contributed by atoms with E-state index in [0.29, 0.717) is 12.1 Å². The summed E-state index contributed by atoms with van der Waals surface area (Å²) in [6.45, 7) is 1.44. The van der Waals surface area contributed by atoms with E-state index in [1.165, 1.54) is 0 Å². The van der Waals surface area contributed by atoms with Gasteiger partial charge in [-0.15, -0.1) is 0 Å². The predicted molar refractivity (Wildman–Crippen MR) is 95.2 cm³/mol. The monoisotopic (exact) mass is 317 g/mol. The molecule has 2 aromatic carbocycles. The van der Waals surface area contributed by atoms with E-state index in [4.69, 9.17) is 5.26 Å². The molecule has 0 bridgehead atoms. The number of para-hydroxylation sites is 1. The van der Waals surface area contributed by atoms with Crippen LogP contribution in [0, 0.1) is 11.3 Å². The van der Waals surface area contributed by atoms with Crippen LogP contribution in [0.15, 0.2) is 60.7 Å². The highest BCUT2D eigenvalue weighted by atomic mass is 16.2. The van der Waals surface area contributed by atoms with Crippen molar-refractivity contribution in [1.29, 1.82) is 5.26 Å². The summed E-state index contributed by atoms with van der Waals surface area (Å²) < 4.78 is 0. The second-order valence-electron chi connectivity index (χ2n) is 5.81. The van der Waals surface area contributed by atoms with Crippen molar-refractivity contribution >= 4 is 17.7 Å². The second-order valence-corrected chi connectivity index (χ2v) is 5.81. The summed E-state index contributed by atoms with van der Waals surface area (Å²) in [5.41, 5.74) is 2.42. The van der Waals surface area contributed by atoms with Gasteiger partial charge in [0, 0.05) is 30.9 Å². The Morgan fingerprint density at radius 3 is 2.71 bits per heavy atom. The summed E-state index contributed by atoms with van der Waals surface area (Å²) in [7, 11) is 0. The average Bonchev–Trinajstić information content (AvgIpc) is 3.09. The number of nitriles is 1. The van der Waals surface area contributed by atoms with Crippen LogP contribution in [-0.2, 0) is 4.79 Å². The van der Waals surface area contributed by atoms with Gasteiger partial charge >= 0.3 is 0 Å². The van der Waals surface area contributed by atoms with Gasteiger partial charge in [-0.1, -0.05) is 36.4 Å². The molecule has 24 heavy (non-hydrogen) atoms. The first-order valence-corrected chi connectivity index (χ1v) is 8.04. The van der Waals surface area contributed by atoms with Gasteiger partial charge in [-0.2, -0.15) is 5.26 Å². The number of anilines is 1. The molecular weight excluding hydrogens is 298 g/mol. The van der Waals surface area contributed by atoms with Crippen molar-refractivity contribution in [3.63, 3.8) is 0 Å². The minimum Gasteiger partial charge on any atom is -0.380 e.